The summed E-state index contributed by atoms with van der Waals surface area (Å²) < 4.78 is 15.1. The summed E-state index contributed by atoms with van der Waals surface area (Å²) >= 11 is 5.84. The van der Waals surface area contributed by atoms with Crippen molar-refractivity contribution in [2.24, 2.45) is 0 Å². The van der Waals surface area contributed by atoms with Gasteiger partial charge in [-0.3, -0.25) is 4.79 Å². The number of rotatable bonds is 4. The zero-order valence-corrected chi connectivity index (χ0v) is 10.6. The highest BCUT2D eigenvalue weighted by Gasteiger charge is 2.15. The second-order valence-corrected chi connectivity index (χ2v) is 3.95. The van der Waals surface area contributed by atoms with Crippen molar-refractivity contribution < 1.29 is 23.5 Å². The third-order valence-electron chi connectivity index (χ3n) is 2.28. The van der Waals surface area contributed by atoms with Crippen LogP contribution in [0.5, 0.6) is 11.7 Å². The van der Waals surface area contributed by atoms with E-state index in [0.717, 1.165) is 0 Å². The van der Waals surface area contributed by atoms with Gasteiger partial charge in [-0.25, -0.2) is 4.79 Å². The van der Waals surface area contributed by atoms with Gasteiger partial charge in [0.1, 0.15) is 11.3 Å². The minimum absolute atomic E-state index is 0.0783. The fourth-order valence-corrected chi connectivity index (χ4v) is 1.58. The van der Waals surface area contributed by atoms with Crippen LogP contribution in [-0.4, -0.2) is 19.4 Å². The molecule has 0 N–H and O–H groups in total. The molecule has 0 bridgehead atoms. The molecule has 2 aromatic rings. The quantitative estimate of drug-likeness (QED) is 0.635. The molecule has 0 saturated heterocycles. The molecule has 0 saturated carbocycles. The topological polar surface area (TPSA) is 65.7 Å². The van der Waals surface area contributed by atoms with Crippen molar-refractivity contribution in [1.82, 2.24) is 0 Å². The Morgan fingerprint density at radius 1 is 1.32 bits per heavy atom. The van der Waals surface area contributed by atoms with E-state index in [4.69, 9.17) is 20.8 Å². The SMILES string of the molecule is COC(=O)c1ccc(Cl)cc1Oc1ccc(C=O)o1. The number of carbonyl (C=O) groups is 2. The van der Waals surface area contributed by atoms with Gasteiger partial charge in [0.05, 0.1) is 7.11 Å². The lowest BCUT2D eigenvalue weighted by Crippen LogP contribution is -2.03. The molecule has 2 rings (SSSR count). The van der Waals surface area contributed by atoms with Crippen molar-refractivity contribution in [1.29, 1.82) is 0 Å². The van der Waals surface area contributed by atoms with E-state index in [1.165, 1.54) is 31.4 Å². The fourth-order valence-electron chi connectivity index (χ4n) is 1.42. The van der Waals surface area contributed by atoms with Gasteiger partial charge in [0.15, 0.2) is 12.0 Å². The van der Waals surface area contributed by atoms with Gasteiger partial charge in [-0.1, -0.05) is 11.6 Å². The largest absolute Gasteiger partial charge is 0.465 e. The minimum Gasteiger partial charge on any atom is -0.465 e. The molecule has 0 aliphatic rings. The number of benzene rings is 1. The number of halogens is 1. The molecule has 1 heterocycles. The second kappa shape index (κ2) is 5.58. The number of furan rings is 1. The van der Waals surface area contributed by atoms with Crippen molar-refractivity contribution in [2.75, 3.05) is 7.11 Å². The van der Waals surface area contributed by atoms with Crippen LogP contribution in [0.15, 0.2) is 34.7 Å². The first-order chi connectivity index (χ1) is 9.13. The van der Waals surface area contributed by atoms with Crippen molar-refractivity contribution in [3.8, 4) is 11.7 Å². The molecule has 0 fully saturated rings. The van der Waals surface area contributed by atoms with Crippen LogP contribution in [-0.2, 0) is 4.74 Å². The van der Waals surface area contributed by atoms with Crippen LogP contribution in [0.4, 0.5) is 0 Å². The standard InChI is InChI=1S/C13H9ClO5/c1-17-13(16)10-4-2-8(14)6-11(10)19-12-5-3-9(7-15)18-12/h2-7H,1H3. The van der Waals surface area contributed by atoms with Gasteiger partial charge in [0.2, 0.25) is 0 Å². The van der Waals surface area contributed by atoms with Gasteiger partial charge in [0.25, 0.3) is 5.95 Å². The smallest absolute Gasteiger partial charge is 0.341 e. The number of hydrogen-bond donors (Lipinski definition) is 0. The van der Waals surface area contributed by atoms with Crippen LogP contribution in [0.2, 0.25) is 5.02 Å². The molecule has 0 aliphatic carbocycles. The van der Waals surface area contributed by atoms with Crippen molar-refractivity contribution in [3.63, 3.8) is 0 Å². The molecule has 1 aromatic heterocycles. The van der Waals surface area contributed by atoms with E-state index < -0.39 is 5.97 Å². The average Bonchev–Trinajstić information content (AvgIpc) is 2.86. The predicted molar refractivity (Wildman–Crippen MR) is 67.0 cm³/mol. The first kappa shape index (κ1) is 13.2. The third-order valence-corrected chi connectivity index (χ3v) is 2.51. The highest BCUT2D eigenvalue weighted by Crippen LogP contribution is 2.29. The lowest BCUT2D eigenvalue weighted by molar-refractivity contribution is 0.0597. The summed E-state index contributed by atoms with van der Waals surface area (Å²) in [4.78, 5) is 22.1. The summed E-state index contributed by atoms with van der Waals surface area (Å²) in [5, 5.41) is 0.393. The van der Waals surface area contributed by atoms with Crippen LogP contribution < -0.4 is 4.74 Å². The molecule has 0 atom stereocenters. The summed E-state index contributed by atoms with van der Waals surface area (Å²) in [6.07, 6.45) is 0.548. The number of aldehydes is 1. The average molecular weight is 281 g/mol. The van der Waals surface area contributed by atoms with Crippen LogP contribution >= 0.6 is 11.6 Å². The van der Waals surface area contributed by atoms with E-state index in [2.05, 4.69) is 4.74 Å². The van der Waals surface area contributed by atoms with E-state index in [1.807, 2.05) is 0 Å². The summed E-state index contributed by atoms with van der Waals surface area (Å²) in [7, 11) is 1.26. The van der Waals surface area contributed by atoms with Crippen LogP contribution in [0, 0.1) is 0 Å². The molecular formula is C13H9ClO5. The molecule has 19 heavy (non-hydrogen) atoms. The molecule has 0 spiro atoms. The Labute approximate surface area is 113 Å². The fraction of sp³-hybridized carbons (Fsp3) is 0.0769. The molecule has 5 nitrogen and oxygen atoms in total. The van der Waals surface area contributed by atoms with E-state index in [-0.39, 0.29) is 23.0 Å². The predicted octanol–water partition coefficient (Wildman–Crippen LogP) is 3.32. The maximum atomic E-state index is 11.6. The Morgan fingerprint density at radius 2 is 2.11 bits per heavy atom. The van der Waals surface area contributed by atoms with E-state index in [1.54, 1.807) is 6.07 Å². The summed E-state index contributed by atoms with van der Waals surface area (Å²) in [6, 6.07) is 7.39. The molecule has 0 radical (unpaired) electrons. The number of methoxy groups -OCH3 is 1. The van der Waals surface area contributed by atoms with Gasteiger partial charge in [-0.15, -0.1) is 0 Å². The lowest BCUT2D eigenvalue weighted by atomic mass is 10.2. The Kier molecular flexibility index (Phi) is 3.87. The van der Waals surface area contributed by atoms with Gasteiger partial charge in [-0.05, 0) is 18.2 Å². The van der Waals surface area contributed by atoms with Crippen molar-refractivity contribution in [3.05, 3.63) is 46.7 Å². The highest BCUT2D eigenvalue weighted by atomic mass is 35.5. The van der Waals surface area contributed by atoms with Crippen molar-refractivity contribution in [2.45, 2.75) is 0 Å². The third kappa shape index (κ3) is 2.95. The number of hydrogen-bond acceptors (Lipinski definition) is 5. The number of ether oxygens (including phenoxy) is 2. The van der Waals surface area contributed by atoms with Gasteiger partial charge < -0.3 is 13.9 Å². The van der Waals surface area contributed by atoms with Crippen LogP contribution in [0.25, 0.3) is 0 Å². The van der Waals surface area contributed by atoms with Gasteiger partial charge >= 0.3 is 5.97 Å². The van der Waals surface area contributed by atoms with Gasteiger partial charge in [-0.2, -0.15) is 0 Å². The molecule has 0 unspecified atom stereocenters. The zero-order valence-electron chi connectivity index (χ0n) is 9.88. The second-order valence-electron chi connectivity index (χ2n) is 3.51. The minimum atomic E-state index is -0.561. The van der Waals surface area contributed by atoms with Gasteiger partial charge in [0, 0.05) is 17.2 Å². The highest BCUT2D eigenvalue weighted by molar-refractivity contribution is 6.30. The number of esters is 1. The lowest BCUT2D eigenvalue weighted by Gasteiger charge is -2.07. The number of carbonyl (C=O) groups excluding carboxylic acids is 2. The molecule has 0 amide bonds. The molecule has 1 aromatic carbocycles. The zero-order chi connectivity index (χ0) is 13.8. The van der Waals surface area contributed by atoms with Crippen molar-refractivity contribution >= 4 is 23.9 Å². The summed E-state index contributed by atoms with van der Waals surface area (Å²) in [6.45, 7) is 0. The molecule has 0 aliphatic heterocycles. The normalized spacial score (nSPS) is 10.0. The maximum absolute atomic E-state index is 11.6. The molecule has 6 heteroatoms. The van der Waals surface area contributed by atoms with E-state index in [0.29, 0.717) is 11.3 Å². The first-order valence-corrected chi connectivity index (χ1v) is 5.62. The Balaban J connectivity index is 2.34. The molecule has 98 valence electrons. The summed E-state index contributed by atoms with van der Waals surface area (Å²) in [5.74, 6) is -0.175. The van der Waals surface area contributed by atoms with E-state index in [9.17, 15) is 9.59 Å². The first-order valence-electron chi connectivity index (χ1n) is 5.25. The van der Waals surface area contributed by atoms with Crippen LogP contribution in [0.1, 0.15) is 20.9 Å². The Hall–Kier alpha value is -2.27. The monoisotopic (exact) mass is 280 g/mol. The molecular weight excluding hydrogens is 272 g/mol. The maximum Gasteiger partial charge on any atom is 0.341 e. The van der Waals surface area contributed by atoms with E-state index >= 15 is 0 Å². The Morgan fingerprint density at radius 3 is 2.74 bits per heavy atom. The Bertz CT molecular complexity index is 617. The summed E-state index contributed by atoms with van der Waals surface area (Å²) in [5.41, 5.74) is 0.205. The van der Waals surface area contributed by atoms with Crippen LogP contribution in [0.3, 0.4) is 0 Å².